The van der Waals surface area contributed by atoms with Crippen LogP contribution in [0.1, 0.15) is 12.8 Å². The van der Waals surface area contributed by atoms with Crippen molar-refractivity contribution in [3.8, 4) is 5.88 Å². The second kappa shape index (κ2) is 6.20. The molecule has 0 amide bonds. The van der Waals surface area contributed by atoms with E-state index in [0.717, 1.165) is 5.69 Å². The molecule has 0 aliphatic rings. The van der Waals surface area contributed by atoms with E-state index < -0.39 is 0 Å². The first-order valence-corrected chi connectivity index (χ1v) is 6.09. The number of pyridine rings is 1. The van der Waals surface area contributed by atoms with Crippen LogP contribution >= 0.6 is 11.6 Å². The molecule has 0 atom stereocenters. The largest absolute Gasteiger partial charge is 0.478 e. The fourth-order valence-corrected chi connectivity index (χ4v) is 1.46. The van der Waals surface area contributed by atoms with Crippen LogP contribution in [0.4, 0.5) is 11.7 Å². The van der Waals surface area contributed by atoms with Crippen molar-refractivity contribution in [1.82, 2.24) is 15.2 Å². The molecule has 18 heavy (non-hydrogen) atoms. The number of nitrogens with zero attached hydrogens (tertiary/aromatic N) is 3. The summed E-state index contributed by atoms with van der Waals surface area (Å²) in [4.78, 5) is 4.11. The third-order valence-corrected chi connectivity index (χ3v) is 2.24. The molecule has 1 N–H and O–H groups in total. The molecule has 0 aliphatic carbocycles. The average Bonchev–Trinajstić information content (AvgIpc) is 2.80. The molecule has 96 valence electrons. The summed E-state index contributed by atoms with van der Waals surface area (Å²) in [6.07, 6.45) is 2.19. The Morgan fingerprint density at radius 2 is 2.28 bits per heavy atom. The lowest BCUT2D eigenvalue weighted by Crippen LogP contribution is -1.95. The van der Waals surface area contributed by atoms with E-state index in [4.69, 9.17) is 20.8 Å². The minimum absolute atomic E-state index is 0.320. The van der Waals surface area contributed by atoms with Gasteiger partial charge in [-0.25, -0.2) is 4.98 Å². The zero-order valence-corrected chi connectivity index (χ0v) is 10.6. The van der Waals surface area contributed by atoms with Gasteiger partial charge in [0.15, 0.2) is 0 Å². The van der Waals surface area contributed by atoms with Crippen LogP contribution in [0, 0.1) is 0 Å². The van der Waals surface area contributed by atoms with Crippen LogP contribution < -0.4 is 10.1 Å². The van der Waals surface area contributed by atoms with Gasteiger partial charge in [0.05, 0.1) is 18.5 Å². The number of nitrogens with one attached hydrogen (secondary N) is 1. The highest BCUT2D eigenvalue weighted by molar-refractivity contribution is 6.17. The fraction of sp³-hybridized carbons (Fsp3) is 0.364. The van der Waals surface area contributed by atoms with Gasteiger partial charge < -0.3 is 14.5 Å². The van der Waals surface area contributed by atoms with Crippen molar-refractivity contribution >= 4 is 23.3 Å². The minimum Gasteiger partial charge on any atom is -0.478 e. The zero-order valence-electron chi connectivity index (χ0n) is 9.89. The summed E-state index contributed by atoms with van der Waals surface area (Å²) in [5.41, 5.74) is 0.750. The van der Waals surface area contributed by atoms with Crippen molar-refractivity contribution in [2.45, 2.75) is 13.3 Å². The van der Waals surface area contributed by atoms with E-state index in [9.17, 15) is 0 Å². The number of rotatable bonds is 6. The zero-order chi connectivity index (χ0) is 12.8. The van der Waals surface area contributed by atoms with Gasteiger partial charge in [0, 0.05) is 18.4 Å². The summed E-state index contributed by atoms with van der Waals surface area (Å²) >= 11 is 5.58. The molecule has 0 spiro atoms. The van der Waals surface area contributed by atoms with E-state index in [1.807, 2.05) is 13.0 Å². The summed E-state index contributed by atoms with van der Waals surface area (Å²) in [5, 5.41) is 10.6. The van der Waals surface area contributed by atoms with Gasteiger partial charge in [-0.1, -0.05) is 5.10 Å². The summed E-state index contributed by atoms with van der Waals surface area (Å²) in [6, 6.07) is 3.91. The van der Waals surface area contributed by atoms with Gasteiger partial charge in [0.1, 0.15) is 0 Å². The van der Waals surface area contributed by atoms with Crippen molar-refractivity contribution in [3.63, 3.8) is 0 Å². The lowest BCUT2D eigenvalue weighted by atomic mass is 10.4. The summed E-state index contributed by atoms with van der Waals surface area (Å²) < 4.78 is 10.6. The topological polar surface area (TPSA) is 73.1 Å². The molecule has 2 aromatic rings. The monoisotopic (exact) mass is 268 g/mol. The van der Waals surface area contributed by atoms with E-state index in [1.165, 1.54) is 0 Å². The SMILES string of the molecule is CCOc1ccc(Nc2nnc(CCCl)o2)cn1. The van der Waals surface area contributed by atoms with Gasteiger partial charge in [0.2, 0.25) is 11.8 Å². The van der Waals surface area contributed by atoms with Crippen molar-refractivity contribution in [3.05, 3.63) is 24.2 Å². The Labute approximate surface area is 109 Å². The predicted molar refractivity (Wildman–Crippen MR) is 67.4 cm³/mol. The number of hydrogen-bond donors (Lipinski definition) is 1. The van der Waals surface area contributed by atoms with Crippen LogP contribution in [0.2, 0.25) is 0 Å². The fourth-order valence-electron chi connectivity index (χ4n) is 1.30. The Kier molecular flexibility index (Phi) is 4.35. The highest BCUT2D eigenvalue weighted by Gasteiger charge is 2.05. The molecule has 0 saturated heterocycles. The molecular weight excluding hydrogens is 256 g/mol. The Balaban J connectivity index is 1.99. The second-order valence-electron chi connectivity index (χ2n) is 3.38. The molecule has 0 aromatic carbocycles. The highest BCUT2D eigenvalue weighted by atomic mass is 35.5. The Morgan fingerprint density at radius 1 is 1.39 bits per heavy atom. The first kappa shape index (κ1) is 12.6. The normalized spacial score (nSPS) is 10.3. The minimum atomic E-state index is 0.320. The smallest absolute Gasteiger partial charge is 0.320 e. The van der Waals surface area contributed by atoms with Gasteiger partial charge in [-0.05, 0) is 13.0 Å². The molecule has 0 aliphatic heterocycles. The third kappa shape index (κ3) is 3.33. The third-order valence-electron chi connectivity index (χ3n) is 2.06. The first-order chi connectivity index (χ1) is 8.81. The van der Waals surface area contributed by atoms with Gasteiger partial charge in [-0.3, -0.25) is 0 Å². The Hall–Kier alpha value is -1.82. The highest BCUT2D eigenvalue weighted by Crippen LogP contribution is 2.16. The van der Waals surface area contributed by atoms with Crippen LogP contribution in [-0.4, -0.2) is 27.7 Å². The number of alkyl halides is 1. The maximum Gasteiger partial charge on any atom is 0.320 e. The lowest BCUT2D eigenvalue weighted by Gasteiger charge is -2.03. The summed E-state index contributed by atoms with van der Waals surface area (Å²) in [6.45, 7) is 2.50. The van der Waals surface area contributed by atoms with E-state index in [-0.39, 0.29) is 0 Å². The van der Waals surface area contributed by atoms with Crippen molar-refractivity contribution in [2.75, 3.05) is 17.8 Å². The van der Waals surface area contributed by atoms with E-state index in [0.29, 0.717) is 36.7 Å². The molecular formula is C11H13ClN4O2. The lowest BCUT2D eigenvalue weighted by molar-refractivity contribution is 0.327. The summed E-state index contributed by atoms with van der Waals surface area (Å²) in [7, 11) is 0. The number of halogens is 1. The van der Waals surface area contributed by atoms with Crippen molar-refractivity contribution < 1.29 is 9.15 Å². The molecule has 2 rings (SSSR count). The van der Waals surface area contributed by atoms with Crippen LogP contribution in [0.25, 0.3) is 0 Å². The second-order valence-corrected chi connectivity index (χ2v) is 3.76. The molecule has 6 nitrogen and oxygen atoms in total. The van der Waals surface area contributed by atoms with E-state index >= 15 is 0 Å². The average molecular weight is 269 g/mol. The van der Waals surface area contributed by atoms with Crippen LogP contribution in [-0.2, 0) is 6.42 Å². The van der Waals surface area contributed by atoms with Crippen molar-refractivity contribution in [1.29, 1.82) is 0 Å². The number of aryl methyl sites for hydroxylation is 1. The summed E-state index contributed by atoms with van der Waals surface area (Å²) in [5.74, 6) is 1.54. The molecule has 0 radical (unpaired) electrons. The van der Waals surface area contributed by atoms with Crippen LogP contribution in [0.15, 0.2) is 22.7 Å². The maximum atomic E-state index is 5.58. The van der Waals surface area contributed by atoms with E-state index in [2.05, 4.69) is 20.5 Å². The molecule has 0 saturated carbocycles. The van der Waals surface area contributed by atoms with Crippen molar-refractivity contribution in [2.24, 2.45) is 0 Å². The Bertz CT molecular complexity index is 486. The number of anilines is 2. The van der Waals surface area contributed by atoms with Crippen LogP contribution in [0.5, 0.6) is 5.88 Å². The molecule has 2 aromatic heterocycles. The quantitative estimate of drug-likeness (QED) is 0.811. The molecule has 7 heteroatoms. The Morgan fingerprint density at radius 3 is 2.94 bits per heavy atom. The molecule has 0 unspecified atom stereocenters. The van der Waals surface area contributed by atoms with Gasteiger partial charge in [0.25, 0.3) is 0 Å². The number of aromatic nitrogens is 3. The van der Waals surface area contributed by atoms with Gasteiger partial charge in [-0.2, -0.15) is 0 Å². The standard InChI is InChI=1S/C11H13ClN4O2/c1-2-17-9-4-3-8(7-13-9)14-11-16-15-10(18-11)5-6-12/h3-4,7H,2,5-6H2,1H3,(H,14,16). The molecule has 2 heterocycles. The molecule has 0 fully saturated rings. The van der Waals surface area contributed by atoms with E-state index in [1.54, 1.807) is 12.3 Å². The number of hydrogen-bond acceptors (Lipinski definition) is 6. The molecule has 0 bridgehead atoms. The first-order valence-electron chi connectivity index (χ1n) is 5.56. The van der Waals surface area contributed by atoms with Gasteiger partial charge in [-0.15, -0.1) is 16.7 Å². The predicted octanol–water partition coefficient (Wildman–Crippen LogP) is 2.39. The number of ether oxygens (including phenoxy) is 1. The van der Waals surface area contributed by atoms with Gasteiger partial charge >= 0.3 is 6.01 Å². The van der Waals surface area contributed by atoms with Crippen LogP contribution in [0.3, 0.4) is 0 Å². The maximum absolute atomic E-state index is 5.58.